The number of aryl methyl sites for hydroxylation is 1. The molecule has 0 saturated carbocycles. The summed E-state index contributed by atoms with van der Waals surface area (Å²) >= 11 is 1.29. The molecule has 0 aliphatic carbocycles. The van der Waals surface area contributed by atoms with E-state index >= 15 is 0 Å². The quantitative estimate of drug-likeness (QED) is 0.700. The van der Waals surface area contributed by atoms with E-state index in [4.69, 9.17) is 0 Å². The first-order valence-corrected chi connectivity index (χ1v) is 8.67. The number of fused-ring (bicyclic) bond motifs is 1. The summed E-state index contributed by atoms with van der Waals surface area (Å²) < 4.78 is 19.2. The molecule has 2 aromatic heterocycles. The number of amides is 1. The molecule has 1 aliphatic heterocycles. The second-order valence-corrected chi connectivity index (χ2v) is 6.54. The van der Waals surface area contributed by atoms with Crippen molar-refractivity contribution in [3.05, 3.63) is 47.3 Å². The molecule has 0 N–H and O–H groups in total. The van der Waals surface area contributed by atoms with Crippen molar-refractivity contribution in [2.24, 2.45) is 0 Å². The average Bonchev–Trinajstić information content (AvgIpc) is 3.15. The van der Waals surface area contributed by atoms with Crippen LogP contribution in [0.1, 0.15) is 22.0 Å². The lowest BCUT2D eigenvalue weighted by atomic mass is 10.2. The van der Waals surface area contributed by atoms with Crippen LogP contribution in [-0.2, 0) is 13.0 Å². The molecule has 0 bridgehead atoms. The van der Waals surface area contributed by atoms with Crippen molar-refractivity contribution in [1.29, 1.82) is 0 Å². The fourth-order valence-corrected chi connectivity index (χ4v) is 3.51. The van der Waals surface area contributed by atoms with Gasteiger partial charge in [0.25, 0.3) is 5.91 Å². The summed E-state index contributed by atoms with van der Waals surface area (Å²) in [5, 5.41) is 9.21. The van der Waals surface area contributed by atoms with Gasteiger partial charge >= 0.3 is 0 Å². The normalized spacial score (nSPS) is 14.2. The molecule has 0 spiro atoms. The molecule has 3 aromatic rings. The molecule has 25 heavy (non-hydrogen) atoms. The van der Waals surface area contributed by atoms with Crippen LogP contribution in [-0.4, -0.2) is 48.0 Å². The van der Waals surface area contributed by atoms with Gasteiger partial charge in [-0.1, -0.05) is 0 Å². The third kappa shape index (κ3) is 3.02. The molecule has 1 aliphatic rings. The third-order valence-electron chi connectivity index (χ3n) is 4.12. The van der Waals surface area contributed by atoms with Crippen LogP contribution >= 0.6 is 11.5 Å². The van der Waals surface area contributed by atoms with E-state index in [1.165, 1.54) is 35.8 Å². The third-order valence-corrected chi connectivity index (χ3v) is 4.93. The zero-order valence-electron chi connectivity index (χ0n) is 13.5. The van der Waals surface area contributed by atoms with Crippen LogP contribution < -0.4 is 0 Å². The maximum atomic E-state index is 13.0. The Kier molecular flexibility index (Phi) is 4.00. The summed E-state index contributed by atoms with van der Waals surface area (Å²) in [4.78, 5) is 18.8. The molecule has 4 rings (SSSR count). The second kappa shape index (κ2) is 6.32. The molecule has 0 unspecified atom stereocenters. The van der Waals surface area contributed by atoms with Gasteiger partial charge in [0.2, 0.25) is 0 Å². The molecule has 0 radical (unpaired) electrons. The number of aromatic nitrogens is 5. The SMILES string of the molecule is Cc1nsc(-c2nnc3n2CCN(C(=O)c2ccc(F)cc2)CC3)n1. The number of halogens is 1. The van der Waals surface area contributed by atoms with Crippen LogP contribution in [0.25, 0.3) is 10.8 Å². The predicted octanol–water partition coefficient (Wildman–Crippen LogP) is 1.94. The van der Waals surface area contributed by atoms with Crippen LogP contribution in [0, 0.1) is 12.7 Å². The number of carbonyl (C=O) groups excluding carboxylic acids is 1. The minimum atomic E-state index is -0.351. The fraction of sp³-hybridized carbons (Fsp3) is 0.312. The second-order valence-electron chi connectivity index (χ2n) is 5.79. The Hall–Kier alpha value is -2.68. The van der Waals surface area contributed by atoms with Crippen molar-refractivity contribution in [3.63, 3.8) is 0 Å². The van der Waals surface area contributed by atoms with Gasteiger partial charge in [-0.25, -0.2) is 9.37 Å². The number of rotatable bonds is 2. The monoisotopic (exact) mass is 358 g/mol. The van der Waals surface area contributed by atoms with Crippen molar-refractivity contribution >= 4 is 17.4 Å². The number of benzene rings is 1. The van der Waals surface area contributed by atoms with E-state index in [-0.39, 0.29) is 11.7 Å². The molecule has 128 valence electrons. The summed E-state index contributed by atoms with van der Waals surface area (Å²) in [5.41, 5.74) is 0.485. The summed E-state index contributed by atoms with van der Waals surface area (Å²) in [6.45, 7) is 3.50. The van der Waals surface area contributed by atoms with Crippen LogP contribution in [0.3, 0.4) is 0 Å². The van der Waals surface area contributed by atoms with Gasteiger partial charge in [0.15, 0.2) is 10.8 Å². The number of nitrogens with zero attached hydrogens (tertiary/aromatic N) is 6. The Morgan fingerprint density at radius 3 is 2.68 bits per heavy atom. The van der Waals surface area contributed by atoms with Gasteiger partial charge in [-0.15, -0.1) is 10.2 Å². The molecule has 7 nitrogen and oxygen atoms in total. The zero-order chi connectivity index (χ0) is 17.4. The topological polar surface area (TPSA) is 76.8 Å². The number of hydrogen-bond donors (Lipinski definition) is 0. The number of hydrogen-bond acceptors (Lipinski definition) is 6. The highest BCUT2D eigenvalue weighted by molar-refractivity contribution is 7.09. The predicted molar refractivity (Wildman–Crippen MR) is 89.7 cm³/mol. The molecule has 9 heteroatoms. The van der Waals surface area contributed by atoms with Crippen molar-refractivity contribution in [2.45, 2.75) is 19.9 Å². The molecular weight excluding hydrogens is 343 g/mol. The minimum Gasteiger partial charge on any atom is -0.336 e. The van der Waals surface area contributed by atoms with E-state index < -0.39 is 0 Å². The van der Waals surface area contributed by atoms with Gasteiger partial charge in [-0.05, 0) is 42.7 Å². The minimum absolute atomic E-state index is 0.105. The Morgan fingerprint density at radius 2 is 1.96 bits per heavy atom. The van der Waals surface area contributed by atoms with E-state index in [1.54, 1.807) is 4.90 Å². The van der Waals surface area contributed by atoms with Crippen LogP contribution in [0.4, 0.5) is 4.39 Å². The van der Waals surface area contributed by atoms with E-state index in [0.29, 0.717) is 43.3 Å². The van der Waals surface area contributed by atoms with Gasteiger partial charge < -0.3 is 9.47 Å². The van der Waals surface area contributed by atoms with Gasteiger partial charge in [-0.2, -0.15) is 4.37 Å². The standard InChI is InChI=1S/C16H15FN6OS/c1-10-18-15(25-21-10)14-20-19-13-6-7-22(8-9-23(13)14)16(24)11-2-4-12(17)5-3-11/h2-5H,6-9H2,1H3. The molecule has 0 atom stereocenters. The maximum Gasteiger partial charge on any atom is 0.253 e. The van der Waals surface area contributed by atoms with Gasteiger partial charge in [0, 0.05) is 31.6 Å². The lowest BCUT2D eigenvalue weighted by Gasteiger charge is -2.20. The van der Waals surface area contributed by atoms with Crippen LogP contribution in [0.5, 0.6) is 0 Å². The molecule has 0 saturated heterocycles. The smallest absolute Gasteiger partial charge is 0.253 e. The van der Waals surface area contributed by atoms with E-state index in [2.05, 4.69) is 19.6 Å². The Bertz CT molecular complexity index is 919. The zero-order valence-corrected chi connectivity index (χ0v) is 14.3. The largest absolute Gasteiger partial charge is 0.336 e. The van der Waals surface area contributed by atoms with Crippen LogP contribution in [0.15, 0.2) is 24.3 Å². The highest BCUT2D eigenvalue weighted by Gasteiger charge is 2.24. The van der Waals surface area contributed by atoms with Crippen molar-refractivity contribution in [1.82, 2.24) is 29.0 Å². The van der Waals surface area contributed by atoms with E-state index in [1.807, 2.05) is 11.5 Å². The molecule has 1 aromatic carbocycles. The lowest BCUT2D eigenvalue weighted by molar-refractivity contribution is 0.0759. The summed E-state index contributed by atoms with van der Waals surface area (Å²) in [6.07, 6.45) is 0.609. The van der Waals surface area contributed by atoms with Crippen molar-refractivity contribution < 1.29 is 9.18 Å². The lowest BCUT2D eigenvalue weighted by Crippen LogP contribution is -2.33. The molecule has 3 heterocycles. The molecule has 1 amide bonds. The average molecular weight is 358 g/mol. The van der Waals surface area contributed by atoms with Gasteiger partial charge in [0.05, 0.1) is 0 Å². The van der Waals surface area contributed by atoms with Gasteiger partial charge in [0.1, 0.15) is 17.5 Å². The number of carbonyl (C=O) groups is 1. The van der Waals surface area contributed by atoms with Gasteiger partial charge in [-0.3, -0.25) is 4.79 Å². The Morgan fingerprint density at radius 1 is 1.16 bits per heavy atom. The highest BCUT2D eigenvalue weighted by atomic mass is 32.1. The summed E-state index contributed by atoms with van der Waals surface area (Å²) in [5.74, 6) is 1.77. The summed E-state index contributed by atoms with van der Waals surface area (Å²) in [7, 11) is 0. The Balaban J connectivity index is 1.55. The Labute approximate surface area is 147 Å². The fourth-order valence-electron chi connectivity index (χ4n) is 2.85. The van der Waals surface area contributed by atoms with E-state index in [0.717, 1.165) is 10.8 Å². The first kappa shape index (κ1) is 15.8. The van der Waals surface area contributed by atoms with Crippen LogP contribution in [0.2, 0.25) is 0 Å². The first-order chi connectivity index (χ1) is 12.1. The molecular formula is C16H15FN6OS. The highest BCUT2D eigenvalue weighted by Crippen LogP contribution is 2.22. The first-order valence-electron chi connectivity index (χ1n) is 7.89. The van der Waals surface area contributed by atoms with Crippen molar-refractivity contribution in [3.8, 4) is 10.8 Å². The van der Waals surface area contributed by atoms with E-state index in [9.17, 15) is 9.18 Å². The maximum absolute atomic E-state index is 13.0. The summed E-state index contributed by atoms with van der Waals surface area (Å²) in [6, 6.07) is 5.63. The molecule has 0 fully saturated rings. The van der Waals surface area contributed by atoms with Crippen molar-refractivity contribution in [2.75, 3.05) is 13.1 Å².